The number of hydrogen-bond donors (Lipinski definition) is 1. The summed E-state index contributed by atoms with van der Waals surface area (Å²) in [7, 11) is 0. The van der Waals surface area contributed by atoms with Gasteiger partial charge in [-0.3, -0.25) is 4.68 Å². The second-order valence-electron chi connectivity index (χ2n) is 4.25. The van der Waals surface area contributed by atoms with Crippen molar-refractivity contribution in [2.45, 2.75) is 26.9 Å². The summed E-state index contributed by atoms with van der Waals surface area (Å²) in [5.41, 5.74) is 2.93. The molecule has 0 unspecified atom stereocenters. The normalized spacial score (nSPS) is 10.2. The predicted molar refractivity (Wildman–Crippen MR) is 71.1 cm³/mol. The molecule has 0 atom stereocenters. The number of nitrogens with zero attached hydrogens (tertiary/aromatic N) is 3. The third-order valence-corrected chi connectivity index (χ3v) is 2.85. The zero-order valence-electron chi connectivity index (χ0n) is 10.9. The Morgan fingerprint density at radius 3 is 2.89 bits per heavy atom. The molecule has 19 heavy (non-hydrogen) atoms. The highest BCUT2D eigenvalue weighted by Crippen LogP contribution is 2.17. The zero-order valence-corrected chi connectivity index (χ0v) is 10.9. The van der Waals surface area contributed by atoms with Gasteiger partial charge in [-0.05, 0) is 38.1 Å². The first-order chi connectivity index (χ1) is 9.13. The molecule has 0 bridgehead atoms. The predicted octanol–water partition coefficient (Wildman–Crippen LogP) is 2.83. The van der Waals surface area contributed by atoms with Gasteiger partial charge in [0.05, 0.1) is 29.2 Å². The van der Waals surface area contributed by atoms with Crippen LogP contribution in [0.4, 0.5) is 10.1 Å². The topological polar surface area (TPSA) is 53.6 Å². The molecule has 0 radical (unpaired) electrons. The second kappa shape index (κ2) is 5.53. The molecule has 1 N–H and O–H groups in total. The summed E-state index contributed by atoms with van der Waals surface area (Å²) in [5.74, 6) is -0.406. The summed E-state index contributed by atoms with van der Waals surface area (Å²) in [6.45, 7) is 5.30. The van der Waals surface area contributed by atoms with E-state index in [0.29, 0.717) is 17.8 Å². The van der Waals surface area contributed by atoms with Gasteiger partial charge in [-0.25, -0.2) is 4.39 Å². The number of benzene rings is 1. The summed E-state index contributed by atoms with van der Waals surface area (Å²) in [5, 5.41) is 16.5. The largest absolute Gasteiger partial charge is 0.378 e. The van der Waals surface area contributed by atoms with Crippen LogP contribution in [0, 0.1) is 24.1 Å². The second-order valence-corrected chi connectivity index (χ2v) is 4.25. The van der Waals surface area contributed by atoms with E-state index in [0.717, 1.165) is 17.9 Å². The van der Waals surface area contributed by atoms with Gasteiger partial charge >= 0.3 is 0 Å². The minimum absolute atomic E-state index is 0.305. The van der Waals surface area contributed by atoms with Crippen LogP contribution < -0.4 is 5.32 Å². The van der Waals surface area contributed by atoms with Gasteiger partial charge < -0.3 is 5.32 Å². The van der Waals surface area contributed by atoms with Crippen molar-refractivity contribution in [2.75, 3.05) is 5.32 Å². The van der Waals surface area contributed by atoms with Gasteiger partial charge in [0.2, 0.25) is 0 Å². The van der Waals surface area contributed by atoms with E-state index in [-0.39, 0.29) is 0 Å². The molecular weight excluding hydrogens is 243 g/mol. The lowest BCUT2D eigenvalue weighted by Crippen LogP contribution is -2.08. The maximum absolute atomic E-state index is 13.0. The summed E-state index contributed by atoms with van der Waals surface area (Å²) >= 11 is 0. The van der Waals surface area contributed by atoms with Crippen LogP contribution in [0.1, 0.15) is 23.9 Å². The fourth-order valence-corrected chi connectivity index (χ4v) is 1.96. The summed E-state index contributed by atoms with van der Waals surface area (Å²) in [6, 6.07) is 8.12. The summed E-state index contributed by atoms with van der Waals surface area (Å²) in [6.07, 6.45) is 0. The molecule has 98 valence electrons. The van der Waals surface area contributed by atoms with Gasteiger partial charge in [0.1, 0.15) is 11.9 Å². The first kappa shape index (κ1) is 13.1. The molecule has 0 amide bonds. The van der Waals surface area contributed by atoms with Crippen LogP contribution in [0.2, 0.25) is 0 Å². The maximum atomic E-state index is 13.0. The van der Waals surface area contributed by atoms with E-state index in [1.807, 2.05) is 30.7 Å². The van der Waals surface area contributed by atoms with E-state index in [1.165, 1.54) is 12.1 Å². The van der Waals surface area contributed by atoms with Crippen molar-refractivity contribution >= 4 is 5.69 Å². The lowest BCUT2D eigenvalue weighted by Gasteiger charge is -2.09. The Morgan fingerprint density at radius 2 is 2.21 bits per heavy atom. The molecule has 0 aliphatic rings. The van der Waals surface area contributed by atoms with Gasteiger partial charge in [0.25, 0.3) is 0 Å². The fraction of sp³-hybridized carbons (Fsp3) is 0.286. The lowest BCUT2D eigenvalue weighted by molar-refractivity contribution is 0.622. The van der Waals surface area contributed by atoms with E-state index in [9.17, 15) is 4.39 Å². The number of aryl methyl sites for hydroxylation is 2. The highest BCUT2D eigenvalue weighted by Gasteiger charge is 2.06. The highest BCUT2D eigenvalue weighted by molar-refractivity contribution is 5.57. The van der Waals surface area contributed by atoms with E-state index >= 15 is 0 Å². The van der Waals surface area contributed by atoms with Crippen LogP contribution in [-0.2, 0) is 13.1 Å². The van der Waals surface area contributed by atoms with Crippen LogP contribution in [0.3, 0.4) is 0 Å². The van der Waals surface area contributed by atoms with Gasteiger partial charge in [-0.15, -0.1) is 0 Å². The van der Waals surface area contributed by atoms with E-state index in [1.54, 1.807) is 6.07 Å². The summed E-state index contributed by atoms with van der Waals surface area (Å²) < 4.78 is 14.9. The Kier molecular flexibility index (Phi) is 3.81. The molecule has 5 heteroatoms. The minimum atomic E-state index is -0.406. The Labute approximate surface area is 111 Å². The van der Waals surface area contributed by atoms with Crippen LogP contribution in [0.15, 0.2) is 24.3 Å². The Hall–Kier alpha value is -2.35. The quantitative estimate of drug-likeness (QED) is 0.917. The van der Waals surface area contributed by atoms with Crippen LogP contribution >= 0.6 is 0 Å². The molecule has 0 aliphatic heterocycles. The first-order valence-corrected chi connectivity index (χ1v) is 6.11. The van der Waals surface area contributed by atoms with Crippen LogP contribution in [-0.4, -0.2) is 9.78 Å². The number of aromatic nitrogens is 2. The molecular formula is C14H15FN4. The standard InChI is InChI=1S/C14H15FN4/c1-3-19-13(6-10(2)18-19)9-17-14-5-4-12(15)7-11(14)8-16/h4-7,17H,3,9H2,1-2H3. The van der Waals surface area contributed by atoms with Crippen molar-refractivity contribution in [3.05, 3.63) is 47.0 Å². The van der Waals surface area contributed by atoms with E-state index < -0.39 is 5.82 Å². The van der Waals surface area contributed by atoms with Gasteiger partial charge in [-0.2, -0.15) is 10.4 Å². The fourth-order valence-electron chi connectivity index (χ4n) is 1.96. The third-order valence-electron chi connectivity index (χ3n) is 2.85. The first-order valence-electron chi connectivity index (χ1n) is 6.11. The number of hydrogen-bond acceptors (Lipinski definition) is 3. The molecule has 2 aromatic rings. The lowest BCUT2D eigenvalue weighted by atomic mass is 10.2. The molecule has 4 nitrogen and oxygen atoms in total. The number of nitriles is 1. The van der Waals surface area contributed by atoms with Crippen LogP contribution in [0.25, 0.3) is 0 Å². The van der Waals surface area contributed by atoms with E-state index in [2.05, 4.69) is 10.4 Å². The van der Waals surface area contributed by atoms with Crippen molar-refractivity contribution in [2.24, 2.45) is 0 Å². The molecule has 0 aliphatic carbocycles. The van der Waals surface area contributed by atoms with Crippen molar-refractivity contribution in [1.29, 1.82) is 5.26 Å². The molecule has 0 fully saturated rings. The average Bonchev–Trinajstić information content (AvgIpc) is 2.77. The van der Waals surface area contributed by atoms with Crippen molar-refractivity contribution in [1.82, 2.24) is 9.78 Å². The number of halogens is 1. The van der Waals surface area contributed by atoms with Gasteiger partial charge in [0, 0.05) is 6.54 Å². The van der Waals surface area contributed by atoms with Gasteiger partial charge in [-0.1, -0.05) is 0 Å². The molecule has 0 spiro atoms. The van der Waals surface area contributed by atoms with Gasteiger partial charge in [0.15, 0.2) is 0 Å². The zero-order chi connectivity index (χ0) is 13.8. The number of rotatable bonds is 4. The summed E-state index contributed by atoms with van der Waals surface area (Å²) in [4.78, 5) is 0. The van der Waals surface area contributed by atoms with Crippen molar-refractivity contribution < 1.29 is 4.39 Å². The number of nitrogens with one attached hydrogen (secondary N) is 1. The molecule has 1 aromatic heterocycles. The highest BCUT2D eigenvalue weighted by atomic mass is 19.1. The smallest absolute Gasteiger partial charge is 0.124 e. The van der Waals surface area contributed by atoms with Crippen LogP contribution in [0.5, 0.6) is 0 Å². The van der Waals surface area contributed by atoms with Crippen molar-refractivity contribution in [3.8, 4) is 6.07 Å². The molecule has 1 heterocycles. The molecule has 0 saturated carbocycles. The Morgan fingerprint density at radius 1 is 1.42 bits per heavy atom. The molecule has 1 aromatic carbocycles. The third kappa shape index (κ3) is 2.91. The monoisotopic (exact) mass is 258 g/mol. The Bertz CT molecular complexity index is 625. The van der Waals surface area contributed by atoms with Crippen molar-refractivity contribution in [3.63, 3.8) is 0 Å². The van der Waals surface area contributed by atoms with E-state index in [4.69, 9.17) is 5.26 Å². The Balaban J connectivity index is 2.17. The maximum Gasteiger partial charge on any atom is 0.124 e. The minimum Gasteiger partial charge on any atom is -0.378 e. The SMILES string of the molecule is CCn1nc(C)cc1CNc1ccc(F)cc1C#N. The molecule has 0 saturated heterocycles. The average molecular weight is 258 g/mol. The molecule has 2 rings (SSSR count). The number of anilines is 1.